The maximum atomic E-state index is 5.78. The zero-order valence-corrected chi connectivity index (χ0v) is 10.2. The van der Waals surface area contributed by atoms with Crippen LogP contribution in [0.1, 0.15) is 25.6 Å². The molecular weight excluding hydrogens is 210 g/mol. The Hall–Kier alpha value is -0.830. The highest BCUT2D eigenvalue weighted by Crippen LogP contribution is 2.10. The van der Waals surface area contributed by atoms with Gasteiger partial charge in [0.1, 0.15) is 11.6 Å². The van der Waals surface area contributed by atoms with Gasteiger partial charge in [0, 0.05) is 25.2 Å². The molecule has 0 atom stereocenters. The number of unbranched alkanes of at least 4 members (excludes halogenated alkanes) is 1. The van der Waals surface area contributed by atoms with Gasteiger partial charge in [-0.25, -0.2) is 9.97 Å². The van der Waals surface area contributed by atoms with Crippen molar-refractivity contribution >= 4 is 17.4 Å². The second-order valence-corrected chi connectivity index (χ2v) is 3.87. The van der Waals surface area contributed by atoms with E-state index in [9.17, 15) is 0 Å². The van der Waals surface area contributed by atoms with E-state index in [4.69, 9.17) is 11.6 Å². The predicted molar refractivity (Wildman–Crippen MR) is 64.6 cm³/mol. The highest BCUT2D eigenvalue weighted by molar-refractivity contribution is 6.18. The van der Waals surface area contributed by atoms with Crippen LogP contribution in [0.15, 0.2) is 12.3 Å². The molecule has 0 amide bonds. The normalized spacial score (nSPS) is 10.3. The van der Waals surface area contributed by atoms with Crippen molar-refractivity contribution in [3.05, 3.63) is 18.1 Å². The van der Waals surface area contributed by atoms with Crippen molar-refractivity contribution in [1.82, 2.24) is 9.97 Å². The minimum atomic E-state index is 0.632. The Morgan fingerprint density at radius 1 is 1.40 bits per heavy atom. The average Bonchev–Trinajstić information content (AvgIpc) is 2.24. The molecule has 1 aromatic heterocycles. The first kappa shape index (κ1) is 12.2. The van der Waals surface area contributed by atoms with Crippen molar-refractivity contribution in [1.29, 1.82) is 0 Å². The van der Waals surface area contributed by atoms with Crippen LogP contribution in [0.4, 0.5) is 5.82 Å². The molecule has 0 N–H and O–H groups in total. The van der Waals surface area contributed by atoms with Crippen LogP contribution < -0.4 is 4.90 Å². The van der Waals surface area contributed by atoms with Crippen molar-refractivity contribution in [3.8, 4) is 0 Å². The van der Waals surface area contributed by atoms with Crippen LogP contribution in [-0.4, -0.2) is 28.9 Å². The quantitative estimate of drug-likeness (QED) is 0.700. The molecule has 0 aliphatic heterocycles. The van der Waals surface area contributed by atoms with E-state index in [-0.39, 0.29) is 0 Å². The van der Waals surface area contributed by atoms with Crippen molar-refractivity contribution in [2.45, 2.75) is 26.7 Å². The molecule has 0 unspecified atom stereocenters. The number of aromatic nitrogens is 2. The number of hydrogen-bond acceptors (Lipinski definition) is 3. The molecule has 0 bridgehead atoms. The third kappa shape index (κ3) is 4.04. The van der Waals surface area contributed by atoms with Crippen LogP contribution in [0.3, 0.4) is 0 Å². The molecule has 0 radical (unpaired) electrons. The van der Waals surface area contributed by atoms with Crippen LogP contribution in [0, 0.1) is 6.92 Å². The van der Waals surface area contributed by atoms with E-state index in [1.165, 1.54) is 12.8 Å². The second-order valence-electron chi connectivity index (χ2n) is 3.49. The number of aryl methyl sites for hydroxylation is 1. The van der Waals surface area contributed by atoms with E-state index in [2.05, 4.69) is 21.8 Å². The number of rotatable bonds is 6. The summed E-state index contributed by atoms with van der Waals surface area (Å²) in [6.07, 6.45) is 4.15. The molecule has 0 fully saturated rings. The fourth-order valence-electron chi connectivity index (χ4n) is 1.41. The lowest BCUT2D eigenvalue weighted by atomic mass is 10.3. The number of alkyl halides is 1. The Morgan fingerprint density at radius 3 is 2.80 bits per heavy atom. The molecule has 0 saturated heterocycles. The summed E-state index contributed by atoms with van der Waals surface area (Å²) >= 11 is 5.78. The SMILES string of the molecule is CCCCN(CCCl)c1ccnc(C)n1. The highest BCUT2D eigenvalue weighted by atomic mass is 35.5. The standard InChI is InChI=1S/C11H18ClN3/c1-3-4-8-15(9-6-12)11-5-7-13-10(2)14-11/h5,7H,3-4,6,8-9H2,1-2H3. The monoisotopic (exact) mass is 227 g/mol. The van der Waals surface area contributed by atoms with Gasteiger partial charge >= 0.3 is 0 Å². The van der Waals surface area contributed by atoms with Gasteiger partial charge < -0.3 is 4.90 Å². The summed E-state index contributed by atoms with van der Waals surface area (Å²) in [5.74, 6) is 2.42. The molecule has 15 heavy (non-hydrogen) atoms. The van der Waals surface area contributed by atoms with Gasteiger partial charge in [-0.3, -0.25) is 0 Å². The molecule has 4 heteroatoms. The van der Waals surface area contributed by atoms with Crippen LogP contribution in [-0.2, 0) is 0 Å². The van der Waals surface area contributed by atoms with E-state index >= 15 is 0 Å². The first-order valence-electron chi connectivity index (χ1n) is 5.38. The number of nitrogens with zero attached hydrogens (tertiary/aromatic N) is 3. The molecule has 0 spiro atoms. The minimum Gasteiger partial charge on any atom is -0.355 e. The fraction of sp³-hybridized carbons (Fsp3) is 0.636. The average molecular weight is 228 g/mol. The predicted octanol–water partition coefficient (Wildman–Crippen LogP) is 2.63. The molecule has 0 saturated carbocycles. The Kier molecular flexibility index (Phi) is 5.40. The number of halogens is 1. The molecule has 0 aromatic carbocycles. The van der Waals surface area contributed by atoms with Gasteiger partial charge in [0.25, 0.3) is 0 Å². The molecular formula is C11H18ClN3. The topological polar surface area (TPSA) is 29.0 Å². The second kappa shape index (κ2) is 6.62. The molecule has 0 aliphatic carbocycles. The van der Waals surface area contributed by atoms with Crippen molar-refractivity contribution < 1.29 is 0 Å². The van der Waals surface area contributed by atoms with Crippen molar-refractivity contribution in [2.24, 2.45) is 0 Å². The smallest absolute Gasteiger partial charge is 0.132 e. The molecule has 1 rings (SSSR count). The van der Waals surface area contributed by atoms with E-state index in [1.54, 1.807) is 6.20 Å². The Morgan fingerprint density at radius 2 is 2.20 bits per heavy atom. The van der Waals surface area contributed by atoms with Crippen molar-refractivity contribution in [3.63, 3.8) is 0 Å². The maximum absolute atomic E-state index is 5.78. The van der Waals surface area contributed by atoms with Crippen LogP contribution in [0.2, 0.25) is 0 Å². The lowest BCUT2D eigenvalue weighted by molar-refractivity contribution is 0.722. The van der Waals surface area contributed by atoms with Gasteiger partial charge in [-0.15, -0.1) is 11.6 Å². The van der Waals surface area contributed by atoms with E-state index in [0.29, 0.717) is 5.88 Å². The largest absolute Gasteiger partial charge is 0.355 e. The first-order chi connectivity index (χ1) is 7.27. The summed E-state index contributed by atoms with van der Waals surface area (Å²) < 4.78 is 0. The highest BCUT2D eigenvalue weighted by Gasteiger charge is 2.06. The molecule has 84 valence electrons. The summed E-state index contributed by atoms with van der Waals surface area (Å²) in [6.45, 7) is 5.95. The third-order valence-electron chi connectivity index (χ3n) is 2.22. The van der Waals surface area contributed by atoms with Gasteiger partial charge in [0.2, 0.25) is 0 Å². The van der Waals surface area contributed by atoms with E-state index < -0.39 is 0 Å². The molecule has 1 aromatic rings. The lowest BCUT2D eigenvalue weighted by Crippen LogP contribution is -2.27. The van der Waals surface area contributed by atoms with Gasteiger partial charge in [0.05, 0.1) is 0 Å². The molecule has 0 aliphatic rings. The summed E-state index contributed by atoms with van der Waals surface area (Å²) in [7, 11) is 0. The van der Waals surface area contributed by atoms with Gasteiger partial charge in [-0.05, 0) is 19.4 Å². The zero-order chi connectivity index (χ0) is 11.1. The van der Waals surface area contributed by atoms with Gasteiger partial charge in [0.15, 0.2) is 0 Å². The Labute approximate surface area is 96.5 Å². The zero-order valence-electron chi connectivity index (χ0n) is 9.41. The number of hydrogen-bond donors (Lipinski definition) is 0. The van der Waals surface area contributed by atoms with Crippen LogP contribution >= 0.6 is 11.6 Å². The van der Waals surface area contributed by atoms with E-state index in [0.717, 1.165) is 24.7 Å². The fourth-order valence-corrected chi connectivity index (χ4v) is 1.62. The van der Waals surface area contributed by atoms with Crippen molar-refractivity contribution in [2.75, 3.05) is 23.9 Å². The molecule has 3 nitrogen and oxygen atoms in total. The van der Waals surface area contributed by atoms with Gasteiger partial charge in [-0.2, -0.15) is 0 Å². The Bertz CT molecular complexity index is 291. The summed E-state index contributed by atoms with van der Waals surface area (Å²) in [4.78, 5) is 10.7. The summed E-state index contributed by atoms with van der Waals surface area (Å²) in [6, 6.07) is 1.94. The summed E-state index contributed by atoms with van der Waals surface area (Å²) in [5.41, 5.74) is 0. The third-order valence-corrected chi connectivity index (χ3v) is 2.39. The van der Waals surface area contributed by atoms with Crippen LogP contribution in [0.5, 0.6) is 0 Å². The summed E-state index contributed by atoms with van der Waals surface area (Å²) in [5, 5.41) is 0. The minimum absolute atomic E-state index is 0.632. The number of anilines is 1. The lowest BCUT2D eigenvalue weighted by Gasteiger charge is -2.22. The van der Waals surface area contributed by atoms with E-state index in [1.807, 2.05) is 13.0 Å². The Balaban J connectivity index is 2.69. The maximum Gasteiger partial charge on any atom is 0.132 e. The first-order valence-corrected chi connectivity index (χ1v) is 5.92. The van der Waals surface area contributed by atoms with Gasteiger partial charge in [-0.1, -0.05) is 13.3 Å². The molecule has 1 heterocycles. The van der Waals surface area contributed by atoms with Crippen LogP contribution in [0.25, 0.3) is 0 Å².